The van der Waals surface area contributed by atoms with Gasteiger partial charge >= 0.3 is 0 Å². The van der Waals surface area contributed by atoms with Crippen molar-refractivity contribution in [1.82, 2.24) is 30.1 Å². The highest BCUT2D eigenvalue weighted by atomic mass is 35.5. The van der Waals surface area contributed by atoms with Crippen molar-refractivity contribution in [2.24, 2.45) is 0 Å². The average Bonchev–Trinajstić information content (AvgIpc) is 3.38. The third-order valence-corrected chi connectivity index (χ3v) is 9.16. The summed E-state index contributed by atoms with van der Waals surface area (Å²) in [6, 6.07) is 6.03. The molecule has 0 bridgehead atoms. The maximum atomic E-state index is 14.9. The first-order chi connectivity index (χ1) is 21.7. The summed E-state index contributed by atoms with van der Waals surface area (Å²) in [6.07, 6.45) is 4.50. The number of piperazine rings is 1. The second kappa shape index (κ2) is 13.2. The second-order valence-electron chi connectivity index (χ2n) is 12.0. The van der Waals surface area contributed by atoms with Crippen LogP contribution in [0.1, 0.15) is 54.2 Å². The summed E-state index contributed by atoms with van der Waals surface area (Å²) in [5.74, 6) is 0.0320. The van der Waals surface area contributed by atoms with Gasteiger partial charge in [0, 0.05) is 68.7 Å². The first kappa shape index (κ1) is 31.1. The summed E-state index contributed by atoms with van der Waals surface area (Å²) < 4.78 is 20.3. The van der Waals surface area contributed by atoms with Crippen molar-refractivity contribution in [3.05, 3.63) is 64.2 Å². The number of hydrogen-bond donors (Lipinski definition) is 2. The number of anilines is 2. The molecule has 0 aliphatic carbocycles. The van der Waals surface area contributed by atoms with E-state index in [2.05, 4.69) is 42.4 Å². The van der Waals surface area contributed by atoms with Crippen LogP contribution in [0.15, 0.2) is 36.7 Å². The van der Waals surface area contributed by atoms with Gasteiger partial charge in [-0.25, -0.2) is 19.3 Å². The summed E-state index contributed by atoms with van der Waals surface area (Å²) in [5.41, 5.74) is 2.85. The SMILES string of the molecule is CC(NC(=O)C(C)N1Cc2ccc(-c3nc(NC4CCOCC4)ncc3Cl)cc2C1=O)c1cc(N2CCN(C)CC2)ncc1F. The lowest BCUT2D eigenvalue weighted by Gasteiger charge is -2.33. The Morgan fingerprint density at radius 3 is 2.60 bits per heavy atom. The third kappa shape index (κ3) is 6.73. The molecule has 2 N–H and O–H groups in total. The number of ether oxygens (including phenoxy) is 1. The fourth-order valence-corrected chi connectivity index (χ4v) is 6.18. The van der Waals surface area contributed by atoms with Gasteiger partial charge in [0.2, 0.25) is 11.9 Å². The van der Waals surface area contributed by atoms with Crippen LogP contribution in [0.5, 0.6) is 0 Å². The minimum Gasteiger partial charge on any atom is -0.381 e. The first-order valence-corrected chi connectivity index (χ1v) is 15.8. The second-order valence-corrected chi connectivity index (χ2v) is 12.4. The molecule has 0 saturated carbocycles. The van der Waals surface area contributed by atoms with E-state index in [0.29, 0.717) is 52.4 Å². The molecule has 6 rings (SSSR count). The van der Waals surface area contributed by atoms with Crippen LogP contribution in [0, 0.1) is 5.82 Å². The predicted molar refractivity (Wildman–Crippen MR) is 170 cm³/mol. The van der Waals surface area contributed by atoms with Crippen LogP contribution in [0.3, 0.4) is 0 Å². The molecule has 3 aliphatic heterocycles. The van der Waals surface area contributed by atoms with E-state index in [-0.39, 0.29) is 24.4 Å². The zero-order chi connectivity index (χ0) is 31.7. The lowest BCUT2D eigenvalue weighted by molar-refractivity contribution is -0.125. The Balaban J connectivity index is 1.13. The number of aromatic nitrogens is 3. The zero-order valence-corrected chi connectivity index (χ0v) is 26.5. The normalized spacial score (nSPS) is 18.9. The number of halogens is 2. The molecule has 3 aliphatic rings. The Morgan fingerprint density at radius 1 is 1.09 bits per heavy atom. The molecule has 0 radical (unpaired) electrons. The van der Waals surface area contributed by atoms with E-state index in [0.717, 1.165) is 44.6 Å². The maximum absolute atomic E-state index is 14.9. The molecule has 2 saturated heterocycles. The molecule has 0 spiro atoms. The lowest BCUT2D eigenvalue weighted by Crippen LogP contribution is -2.46. The summed E-state index contributed by atoms with van der Waals surface area (Å²) in [5, 5.41) is 6.63. The van der Waals surface area contributed by atoms with Gasteiger partial charge < -0.3 is 30.1 Å². The Kier molecular flexibility index (Phi) is 9.16. The van der Waals surface area contributed by atoms with Crippen LogP contribution in [-0.2, 0) is 16.1 Å². The molecule has 238 valence electrons. The van der Waals surface area contributed by atoms with Gasteiger partial charge in [0.15, 0.2) is 0 Å². The number of rotatable bonds is 8. The molecule has 11 nitrogen and oxygen atoms in total. The van der Waals surface area contributed by atoms with Crippen LogP contribution in [0.2, 0.25) is 5.02 Å². The summed E-state index contributed by atoms with van der Waals surface area (Å²) in [6.45, 7) is 8.46. The molecule has 2 fully saturated rings. The third-order valence-electron chi connectivity index (χ3n) is 8.88. The van der Waals surface area contributed by atoms with Crippen LogP contribution in [-0.4, -0.2) is 95.1 Å². The minimum atomic E-state index is -0.782. The summed E-state index contributed by atoms with van der Waals surface area (Å²) in [4.78, 5) is 46.1. The standard InChI is InChI=1S/C32H38ClFN8O3/c1-19(24-15-28(35-17-27(24)34)41-10-8-40(3)9-11-41)37-30(43)20(2)42-18-22-5-4-21(14-25(22)31(42)44)29-26(33)16-36-32(39-29)38-23-6-12-45-13-7-23/h4-5,14-17,19-20,23H,6-13,18H2,1-3H3,(H,37,43)(H,36,38,39). The van der Waals surface area contributed by atoms with Gasteiger partial charge in [-0.05, 0) is 51.4 Å². The molecule has 1 aromatic carbocycles. The van der Waals surface area contributed by atoms with Crippen LogP contribution in [0.25, 0.3) is 11.3 Å². The van der Waals surface area contributed by atoms with Crippen LogP contribution >= 0.6 is 11.6 Å². The average molecular weight is 637 g/mol. The molecule has 2 amide bonds. The number of amides is 2. The highest BCUT2D eigenvalue weighted by molar-refractivity contribution is 6.33. The van der Waals surface area contributed by atoms with E-state index in [1.807, 2.05) is 12.1 Å². The van der Waals surface area contributed by atoms with Gasteiger partial charge in [0.05, 0.1) is 29.2 Å². The Bertz CT molecular complexity index is 1580. The number of carbonyl (C=O) groups is 2. The number of carbonyl (C=O) groups excluding carboxylic acids is 2. The number of fused-ring (bicyclic) bond motifs is 1. The van der Waals surface area contributed by atoms with Crippen molar-refractivity contribution in [3.8, 4) is 11.3 Å². The summed E-state index contributed by atoms with van der Waals surface area (Å²) in [7, 11) is 2.07. The Morgan fingerprint density at radius 2 is 1.84 bits per heavy atom. The molecule has 3 aromatic rings. The van der Waals surface area contributed by atoms with Crippen molar-refractivity contribution in [2.45, 2.75) is 51.4 Å². The van der Waals surface area contributed by atoms with Gasteiger partial charge in [-0.2, -0.15) is 0 Å². The van der Waals surface area contributed by atoms with Crippen molar-refractivity contribution in [3.63, 3.8) is 0 Å². The van der Waals surface area contributed by atoms with Crippen molar-refractivity contribution < 1.29 is 18.7 Å². The van der Waals surface area contributed by atoms with Crippen molar-refractivity contribution in [2.75, 3.05) is 56.7 Å². The predicted octanol–water partition coefficient (Wildman–Crippen LogP) is 3.90. The molecular formula is C32H38ClFN8O3. The highest BCUT2D eigenvalue weighted by Crippen LogP contribution is 2.33. The zero-order valence-electron chi connectivity index (χ0n) is 25.7. The number of nitrogens with one attached hydrogen (secondary N) is 2. The summed E-state index contributed by atoms with van der Waals surface area (Å²) >= 11 is 6.49. The fraction of sp³-hybridized carbons (Fsp3) is 0.469. The van der Waals surface area contributed by atoms with Gasteiger partial charge in [-0.1, -0.05) is 23.7 Å². The van der Waals surface area contributed by atoms with Crippen LogP contribution < -0.4 is 15.5 Å². The Labute approximate surface area is 267 Å². The molecule has 45 heavy (non-hydrogen) atoms. The topological polar surface area (TPSA) is 116 Å². The van der Waals surface area contributed by atoms with E-state index < -0.39 is 17.9 Å². The first-order valence-electron chi connectivity index (χ1n) is 15.4. The molecule has 2 aromatic heterocycles. The van der Waals surface area contributed by atoms with E-state index >= 15 is 0 Å². The minimum absolute atomic E-state index is 0.215. The van der Waals surface area contributed by atoms with E-state index in [1.54, 1.807) is 32.2 Å². The maximum Gasteiger partial charge on any atom is 0.255 e. The number of hydrogen-bond acceptors (Lipinski definition) is 9. The number of pyridine rings is 1. The Hall–Kier alpha value is -3.87. The molecular weight excluding hydrogens is 599 g/mol. The smallest absolute Gasteiger partial charge is 0.255 e. The molecule has 5 heterocycles. The molecule has 2 atom stereocenters. The van der Waals surface area contributed by atoms with E-state index in [9.17, 15) is 14.0 Å². The fourth-order valence-electron chi connectivity index (χ4n) is 5.98. The van der Waals surface area contributed by atoms with Crippen molar-refractivity contribution in [1.29, 1.82) is 0 Å². The van der Waals surface area contributed by atoms with E-state index in [1.165, 1.54) is 11.1 Å². The number of benzene rings is 1. The lowest BCUT2D eigenvalue weighted by atomic mass is 10.0. The number of likely N-dealkylation sites (N-methyl/N-ethyl adjacent to an activating group) is 1. The monoisotopic (exact) mass is 636 g/mol. The quantitative estimate of drug-likeness (QED) is 0.380. The van der Waals surface area contributed by atoms with Gasteiger partial charge in [0.1, 0.15) is 17.7 Å². The largest absolute Gasteiger partial charge is 0.381 e. The van der Waals surface area contributed by atoms with Gasteiger partial charge in [-0.15, -0.1) is 0 Å². The molecule has 2 unspecified atom stereocenters. The van der Waals surface area contributed by atoms with Crippen molar-refractivity contribution >= 4 is 35.2 Å². The van der Waals surface area contributed by atoms with E-state index in [4.69, 9.17) is 16.3 Å². The van der Waals surface area contributed by atoms with Gasteiger partial charge in [0.25, 0.3) is 5.91 Å². The molecule has 13 heteroatoms. The highest BCUT2D eigenvalue weighted by Gasteiger charge is 2.35. The number of nitrogens with zero attached hydrogens (tertiary/aromatic N) is 6. The van der Waals surface area contributed by atoms with Gasteiger partial charge in [-0.3, -0.25) is 9.59 Å². The van der Waals surface area contributed by atoms with Crippen LogP contribution in [0.4, 0.5) is 16.2 Å².